The summed E-state index contributed by atoms with van der Waals surface area (Å²) in [6.07, 6.45) is 16.2. The van der Waals surface area contributed by atoms with E-state index in [1.54, 1.807) is 7.11 Å². The van der Waals surface area contributed by atoms with Crippen LogP contribution in [0.1, 0.15) is 45.2 Å². The van der Waals surface area contributed by atoms with Crippen molar-refractivity contribution in [3.8, 4) is 11.1 Å². The summed E-state index contributed by atoms with van der Waals surface area (Å²) in [5.41, 5.74) is 6.08. The largest absolute Gasteiger partial charge is 0.502 e. The van der Waals surface area contributed by atoms with E-state index in [9.17, 15) is 0 Å². The lowest BCUT2D eigenvalue weighted by Crippen LogP contribution is -2.45. The van der Waals surface area contributed by atoms with Crippen molar-refractivity contribution in [3.05, 3.63) is 77.6 Å². The monoisotopic (exact) mass is 475 g/mol. The fraction of sp³-hybridized carbons (Fsp3) is 0.448. The van der Waals surface area contributed by atoms with E-state index in [4.69, 9.17) is 4.74 Å². The molecule has 0 amide bonds. The summed E-state index contributed by atoms with van der Waals surface area (Å²) < 4.78 is 4.76. The van der Waals surface area contributed by atoms with Crippen molar-refractivity contribution in [1.82, 2.24) is 19.8 Å². The van der Waals surface area contributed by atoms with Gasteiger partial charge in [-0.25, -0.2) is 4.98 Å². The topological polar surface area (TPSA) is 53.5 Å². The van der Waals surface area contributed by atoms with Crippen LogP contribution < -0.4 is 5.32 Å². The van der Waals surface area contributed by atoms with E-state index in [0.29, 0.717) is 0 Å². The number of nitrogens with one attached hydrogen (secondary N) is 1. The van der Waals surface area contributed by atoms with E-state index in [0.717, 1.165) is 74.8 Å². The van der Waals surface area contributed by atoms with E-state index in [-0.39, 0.29) is 0 Å². The lowest BCUT2D eigenvalue weighted by atomic mass is 9.99. The molecule has 4 heterocycles. The molecule has 1 saturated heterocycles. The highest BCUT2D eigenvalue weighted by Gasteiger charge is 2.16. The van der Waals surface area contributed by atoms with Gasteiger partial charge < -0.3 is 15.0 Å². The van der Waals surface area contributed by atoms with Crippen LogP contribution in [0.15, 0.2) is 66.5 Å². The third kappa shape index (κ3) is 8.05. The average Bonchev–Trinajstić information content (AvgIpc) is 2.92. The van der Waals surface area contributed by atoms with Gasteiger partial charge in [0.05, 0.1) is 12.9 Å². The maximum absolute atomic E-state index is 4.76. The second kappa shape index (κ2) is 13.8. The number of ether oxygens (including phenoxy) is 1. The fourth-order valence-electron chi connectivity index (χ4n) is 4.11. The third-order valence-corrected chi connectivity index (χ3v) is 6.50. The molecule has 0 saturated carbocycles. The molecular formula is C29H41N5O. The standard InChI is InChI=1S/C24H31N5.C5H10O/c1-3-5-6-19-11-21-13-23(17-27-24(21)26-15-19)22-12-20(14-25-16-22)18-29-9-7-28(4-2)8-10-29;1-4-5(2)6-3/h5-6,12-17H,3-4,7-11,18H2,1-2H3,(H,26,27);4H,1-3H3/b6-5+;5-4+. The summed E-state index contributed by atoms with van der Waals surface area (Å²) in [7, 11) is 1.66. The number of pyridine rings is 2. The maximum Gasteiger partial charge on any atom is 0.133 e. The van der Waals surface area contributed by atoms with E-state index in [1.165, 1.54) is 16.7 Å². The van der Waals surface area contributed by atoms with Gasteiger partial charge in [-0.15, -0.1) is 0 Å². The molecule has 0 spiro atoms. The first kappa shape index (κ1) is 26.6. The normalized spacial score (nSPS) is 16.7. The van der Waals surface area contributed by atoms with Crippen molar-refractivity contribution < 1.29 is 4.74 Å². The van der Waals surface area contributed by atoms with Crippen LogP contribution in [-0.2, 0) is 17.7 Å². The number of piperazine rings is 1. The molecule has 2 aromatic heterocycles. The zero-order chi connectivity index (χ0) is 25.0. The lowest BCUT2D eigenvalue weighted by Gasteiger charge is -2.34. The van der Waals surface area contributed by atoms with Gasteiger partial charge in [0.1, 0.15) is 5.82 Å². The number of likely N-dealkylation sites (N-methyl/N-ethyl adjacent to an activating group) is 1. The molecule has 1 fully saturated rings. The van der Waals surface area contributed by atoms with Crippen molar-refractivity contribution >= 4 is 5.82 Å². The molecule has 0 radical (unpaired) electrons. The van der Waals surface area contributed by atoms with Crippen LogP contribution in [0.25, 0.3) is 11.1 Å². The second-order valence-corrected chi connectivity index (χ2v) is 8.98. The molecule has 2 aliphatic rings. The summed E-state index contributed by atoms with van der Waals surface area (Å²) in [4.78, 5) is 14.2. The molecule has 0 atom stereocenters. The van der Waals surface area contributed by atoms with Crippen molar-refractivity contribution in [2.24, 2.45) is 0 Å². The number of aromatic nitrogens is 2. The van der Waals surface area contributed by atoms with Gasteiger partial charge in [0.25, 0.3) is 0 Å². The third-order valence-electron chi connectivity index (χ3n) is 6.50. The minimum Gasteiger partial charge on any atom is -0.502 e. The first-order valence-electron chi connectivity index (χ1n) is 12.7. The van der Waals surface area contributed by atoms with Crippen molar-refractivity contribution in [2.45, 2.75) is 47.1 Å². The summed E-state index contributed by atoms with van der Waals surface area (Å²) in [6, 6.07) is 4.52. The number of anilines is 1. The van der Waals surface area contributed by atoms with Crippen molar-refractivity contribution in [1.29, 1.82) is 0 Å². The van der Waals surface area contributed by atoms with Gasteiger partial charge in [-0.1, -0.05) is 32.1 Å². The number of hydrogen-bond acceptors (Lipinski definition) is 6. The Morgan fingerprint density at radius 1 is 1.06 bits per heavy atom. The molecule has 188 valence electrons. The van der Waals surface area contributed by atoms with Crippen molar-refractivity contribution in [3.63, 3.8) is 0 Å². The van der Waals surface area contributed by atoms with Gasteiger partial charge in [0, 0.05) is 75.1 Å². The Balaban J connectivity index is 0.000000509. The molecule has 1 N–H and O–H groups in total. The first-order chi connectivity index (χ1) is 17.1. The van der Waals surface area contributed by atoms with Crippen molar-refractivity contribution in [2.75, 3.05) is 45.2 Å². The Labute approximate surface area is 211 Å². The van der Waals surface area contributed by atoms with Crippen LogP contribution in [-0.4, -0.2) is 59.6 Å². The number of methoxy groups -OCH3 is 1. The lowest BCUT2D eigenvalue weighted by molar-refractivity contribution is 0.132. The van der Waals surface area contributed by atoms with Gasteiger partial charge >= 0.3 is 0 Å². The number of rotatable bonds is 7. The second-order valence-electron chi connectivity index (χ2n) is 8.98. The quantitative estimate of drug-likeness (QED) is 0.522. The van der Waals surface area contributed by atoms with Gasteiger partial charge in [0.2, 0.25) is 0 Å². The van der Waals surface area contributed by atoms with E-state index >= 15 is 0 Å². The molecule has 0 bridgehead atoms. The number of hydrogen-bond donors (Lipinski definition) is 1. The molecule has 0 aliphatic carbocycles. The summed E-state index contributed by atoms with van der Waals surface area (Å²) in [6.45, 7) is 15.0. The Bertz CT molecular complexity index is 1040. The molecule has 2 aromatic rings. The predicted octanol–water partition coefficient (Wildman–Crippen LogP) is 5.66. The van der Waals surface area contributed by atoms with Gasteiger partial charge in [-0.3, -0.25) is 9.88 Å². The van der Waals surface area contributed by atoms with Crippen LogP contribution >= 0.6 is 0 Å². The first-order valence-corrected chi connectivity index (χ1v) is 12.7. The van der Waals surface area contributed by atoms with E-state index in [1.807, 2.05) is 38.5 Å². The summed E-state index contributed by atoms with van der Waals surface area (Å²) in [5.74, 6) is 1.93. The SMILES string of the molecule is C/C=C(\C)OC.CC/C=C/C1=CNc2ncc(-c3cncc(CN4CCN(CC)CC4)c3)cc2C1. The number of allylic oxidation sites excluding steroid dienone is 5. The Hall–Kier alpha value is -2.96. The molecule has 35 heavy (non-hydrogen) atoms. The predicted molar refractivity (Wildman–Crippen MR) is 146 cm³/mol. The Morgan fingerprint density at radius 2 is 1.80 bits per heavy atom. The highest BCUT2D eigenvalue weighted by molar-refractivity contribution is 5.67. The molecule has 6 heteroatoms. The zero-order valence-corrected chi connectivity index (χ0v) is 22.1. The molecule has 0 unspecified atom stereocenters. The zero-order valence-electron chi connectivity index (χ0n) is 22.1. The molecule has 0 aromatic carbocycles. The van der Waals surface area contributed by atoms with Crippen LogP contribution in [0.2, 0.25) is 0 Å². The maximum atomic E-state index is 4.76. The summed E-state index contributed by atoms with van der Waals surface area (Å²) >= 11 is 0. The average molecular weight is 476 g/mol. The van der Waals surface area contributed by atoms with Crippen LogP contribution in [0.3, 0.4) is 0 Å². The van der Waals surface area contributed by atoms with Gasteiger partial charge in [-0.05, 0) is 55.6 Å². The molecule has 4 rings (SSSR count). The highest BCUT2D eigenvalue weighted by atomic mass is 16.5. The van der Waals surface area contributed by atoms with E-state index < -0.39 is 0 Å². The van der Waals surface area contributed by atoms with Crippen LogP contribution in [0.4, 0.5) is 5.82 Å². The Kier molecular flexibility index (Phi) is 10.5. The number of nitrogens with zero attached hydrogens (tertiary/aromatic N) is 4. The Morgan fingerprint density at radius 3 is 2.46 bits per heavy atom. The fourth-order valence-corrected chi connectivity index (χ4v) is 4.11. The molecule has 2 aliphatic heterocycles. The van der Waals surface area contributed by atoms with E-state index in [2.05, 4.69) is 69.4 Å². The molecule has 6 nitrogen and oxygen atoms in total. The molecular weight excluding hydrogens is 434 g/mol. The van der Waals surface area contributed by atoms with Gasteiger partial charge in [0.15, 0.2) is 0 Å². The highest BCUT2D eigenvalue weighted by Crippen LogP contribution is 2.28. The minimum atomic E-state index is 0.911. The smallest absolute Gasteiger partial charge is 0.133 e. The van der Waals surface area contributed by atoms with Crippen LogP contribution in [0.5, 0.6) is 0 Å². The minimum absolute atomic E-state index is 0.911. The van der Waals surface area contributed by atoms with Crippen LogP contribution in [0, 0.1) is 0 Å². The van der Waals surface area contributed by atoms with Gasteiger partial charge in [-0.2, -0.15) is 0 Å². The summed E-state index contributed by atoms with van der Waals surface area (Å²) in [5, 5.41) is 3.32. The number of fused-ring (bicyclic) bond motifs is 1.